The van der Waals surface area contributed by atoms with Crippen LogP contribution in [0.4, 0.5) is 5.69 Å². The smallest absolute Gasteiger partial charge is 0.196 e. The minimum Gasteiger partial charge on any atom is -0.493 e. The van der Waals surface area contributed by atoms with Crippen LogP contribution in [0.3, 0.4) is 0 Å². The Kier molecular flexibility index (Phi) is 9.46. The van der Waals surface area contributed by atoms with E-state index in [4.69, 9.17) is 9.47 Å². The number of anilines is 1. The fraction of sp³-hybridized carbons (Fsp3) is 0.273. The van der Waals surface area contributed by atoms with Crippen molar-refractivity contribution < 1.29 is 9.47 Å². The average molecular weight is 521 g/mol. The fourth-order valence-corrected chi connectivity index (χ4v) is 2.79. The first-order chi connectivity index (χ1) is 14.2. The van der Waals surface area contributed by atoms with E-state index in [-0.39, 0.29) is 24.0 Å². The Hall–Kier alpha value is -2.75. The molecule has 0 unspecified atom stereocenters. The van der Waals surface area contributed by atoms with E-state index >= 15 is 0 Å². The Balaban J connectivity index is 0.00000320. The first kappa shape index (κ1) is 23.5. The maximum absolute atomic E-state index is 5.57. The van der Waals surface area contributed by atoms with Crippen molar-refractivity contribution in [3.05, 3.63) is 66.5 Å². The summed E-state index contributed by atoms with van der Waals surface area (Å²) in [4.78, 5) is 4.65. The topological polar surface area (TPSA) is 72.7 Å². The molecule has 0 bridgehead atoms. The van der Waals surface area contributed by atoms with Crippen molar-refractivity contribution in [1.29, 1.82) is 0 Å². The van der Waals surface area contributed by atoms with Crippen molar-refractivity contribution in [3.63, 3.8) is 0 Å². The van der Waals surface area contributed by atoms with Crippen LogP contribution in [0.15, 0.2) is 65.8 Å². The summed E-state index contributed by atoms with van der Waals surface area (Å²) in [7, 11) is 1.63. The lowest BCUT2D eigenvalue weighted by Crippen LogP contribution is -2.30. The third-order valence-electron chi connectivity index (χ3n) is 4.13. The molecule has 160 valence electrons. The summed E-state index contributed by atoms with van der Waals surface area (Å²) >= 11 is 0. The van der Waals surface area contributed by atoms with Crippen LogP contribution in [0.2, 0.25) is 0 Å². The second kappa shape index (κ2) is 12.1. The van der Waals surface area contributed by atoms with Crippen LogP contribution in [0, 0.1) is 0 Å². The molecule has 3 rings (SSSR count). The molecular weight excluding hydrogens is 493 g/mol. The third kappa shape index (κ3) is 6.38. The first-order valence-electron chi connectivity index (χ1n) is 9.69. The van der Waals surface area contributed by atoms with Crippen molar-refractivity contribution in [1.82, 2.24) is 15.1 Å². The Morgan fingerprint density at radius 1 is 1.07 bits per heavy atom. The highest BCUT2D eigenvalue weighted by Crippen LogP contribution is 2.30. The molecule has 3 aromatic rings. The largest absolute Gasteiger partial charge is 0.493 e. The van der Waals surface area contributed by atoms with Crippen LogP contribution in [-0.2, 0) is 6.54 Å². The average Bonchev–Trinajstić information content (AvgIpc) is 3.23. The molecule has 0 spiro atoms. The summed E-state index contributed by atoms with van der Waals surface area (Å²) in [6.45, 7) is 5.77. The molecular formula is C22H28IN5O2. The van der Waals surface area contributed by atoms with Gasteiger partial charge in [0, 0.05) is 24.5 Å². The van der Waals surface area contributed by atoms with Gasteiger partial charge in [-0.05, 0) is 44.2 Å². The first-order valence-corrected chi connectivity index (χ1v) is 9.69. The number of aromatic nitrogens is 2. The zero-order valence-corrected chi connectivity index (χ0v) is 19.8. The molecule has 0 fully saturated rings. The number of hydrogen-bond acceptors (Lipinski definition) is 4. The van der Waals surface area contributed by atoms with Crippen molar-refractivity contribution in [2.24, 2.45) is 4.99 Å². The van der Waals surface area contributed by atoms with Crippen LogP contribution < -0.4 is 20.1 Å². The number of aliphatic imine (C=N–C) groups is 1. The zero-order chi connectivity index (χ0) is 20.5. The van der Waals surface area contributed by atoms with Crippen LogP contribution in [0.1, 0.15) is 19.5 Å². The van der Waals surface area contributed by atoms with Crippen LogP contribution in [-0.4, -0.2) is 36.0 Å². The lowest BCUT2D eigenvalue weighted by Gasteiger charge is -2.14. The van der Waals surface area contributed by atoms with Crippen molar-refractivity contribution in [2.75, 3.05) is 25.6 Å². The monoisotopic (exact) mass is 521 g/mol. The number of nitrogens with zero attached hydrogens (tertiary/aromatic N) is 3. The third-order valence-corrected chi connectivity index (χ3v) is 4.13. The van der Waals surface area contributed by atoms with E-state index in [1.807, 2.05) is 79.3 Å². The number of guanidine groups is 1. The minimum absolute atomic E-state index is 0. The summed E-state index contributed by atoms with van der Waals surface area (Å²) in [5.74, 6) is 2.07. The maximum atomic E-state index is 5.57. The fourth-order valence-electron chi connectivity index (χ4n) is 2.79. The highest BCUT2D eigenvalue weighted by Gasteiger charge is 2.07. The number of ether oxygens (including phenoxy) is 2. The number of hydrogen-bond donors (Lipinski definition) is 2. The normalized spacial score (nSPS) is 10.8. The molecule has 2 aromatic carbocycles. The van der Waals surface area contributed by atoms with Gasteiger partial charge in [0.15, 0.2) is 17.5 Å². The molecule has 1 aromatic heterocycles. The second-order valence-electron chi connectivity index (χ2n) is 6.21. The minimum atomic E-state index is 0. The van der Waals surface area contributed by atoms with E-state index in [1.54, 1.807) is 7.11 Å². The Morgan fingerprint density at radius 3 is 2.57 bits per heavy atom. The SMILES string of the molecule is CCNC(=NCc1ccn(-c2ccccc2)n1)Nc1ccc(OCC)c(OC)c1.I. The molecule has 0 aliphatic heterocycles. The van der Waals surface area contributed by atoms with Gasteiger partial charge in [0.25, 0.3) is 0 Å². The zero-order valence-electron chi connectivity index (χ0n) is 17.5. The van der Waals surface area contributed by atoms with Crippen molar-refractivity contribution >= 4 is 35.6 Å². The predicted molar refractivity (Wildman–Crippen MR) is 132 cm³/mol. The Bertz CT molecular complexity index is 944. The van der Waals surface area contributed by atoms with Crippen LogP contribution in [0.25, 0.3) is 5.69 Å². The van der Waals surface area contributed by atoms with Gasteiger partial charge in [-0.3, -0.25) is 0 Å². The summed E-state index contributed by atoms with van der Waals surface area (Å²) in [5, 5.41) is 11.1. The van der Waals surface area contributed by atoms with Gasteiger partial charge in [0.2, 0.25) is 0 Å². The summed E-state index contributed by atoms with van der Waals surface area (Å²) in [6, 6.07) is 17.7. The molecule has 0 atom stereocenters. The van der Waals surface area contributed by atoms with Crippen LogP contribution in [0.5, 0.6) is 11.5 Å². The maximum Gasteiger partial charge on any atom is 0.196 e. The molecule has 0 aliphatic rings. The van der Waals surface area contributed by atoms with Crippen molar-refractivity contribution in [2.45, 2.75) is 20.4 Å². The van der Waals surface area contributed by atoms with Gasteiger partial charge in [0.05, 0.1) is 31.6 Å². The van der Waals surface area contributed by atoms with Gasteiger partial charge >= 0.3 is 0 Å². The number of halogens is 1. The quantitative estimate of drug-likeness (QED) is 0.260. The number of methoxy groups -OCH3 is 1. The summed E-state index contributed by atoms with van der Waals surface area (Å²) in [6.07, 6.45) is 1.94. The standard InChI is InChI=1S/C22H27N5O2.HI/c1-4-23-22(25-17-11-12-20(29-5-2)21(15-17)28-3)24-16-18-13-14-27(26-18)19-9-7-6-8-10-19;/h6-15H,4-5,16H2,1-3H3,(H2,23,24,25);1H. The molecule has 0 radical (unpaired) electrons. The molecule has 2 N–H and O–H groups in total. The lowest BCUT2D eigenvalue weighted by molar-refractivity contribution is 0.311. The van der Waals surface area contributed by atoms with Gasteiger partial charge < -0.3 is 20.1 Å². The Labute approximate surface area is 194 Å². The summed E-state index contributed by atoms with van der Waals surface area (Å²) in [5.41, 5.74) is 2.77. The van der Waals surface area contributed by atoms with E-state index in [9.17, 15) is 0 Å². The van der Waals surface area contributed by atoms with Gasteiger partial charge in [-0.1, -0.05) is 18.2 Å². The molecule has 0 saturated heterocycles. The molecule has 1 heterocycles. The molecule has 8 heteroatoms. The Morgan fingerprint density at radius 2 is 1.87 bits per heavy atom. The molecule has 0 aliphatic carbocycles. The number of rotatable bonds is 8. The highest BCUT2D eigenvalue weighted by atomic mass is 127. The molecule has 0 amide bonds. The van der Waals surface area contributed by atoms with Crippen molar-refractivity contribution in [3.8, 4) is 17.2 Å². The van der Waals surface area contributed by atoms with Gasteiger partial charge in [0.1, 0.15) is 0 Å². The van der Waals surface area contributed by atoms with E-state index < -0.39 is 0 Å². The molecule has 30 heavy (non-hydrogen) atoms. The predicted octanol–water partition coefficient (Wildman–Crippen LogP) is 4.48. The van der Waals surface area contributed by atoms with E-state index in [1.165, 1.54) is 0 Å². The highest BCUT2D eigenvalue weighted by molar-refractivity contribution is 14.0. The number of para-hydroxylation sites is 1. The molecule has 7 nitrogen and oxygen atoms in total. The van der Waals surface area contributed by atoms with Gasteiger partial charge in [-0.2, -0.15) is 5.10 Å². The summed E-state index contributed by atoms with van der Waals surface area (Å²) < 4.78 is 12.8. The number of nitrogens with one attached hydrogen (secondary N) is 2. The van der Waals surface area contributed by atoms with E-state index in [0.29, 0.717) is 30.6 Å². The van der Waals surface area contributed by atoms with E-state index in [0.717, 1.165) is 23.6 Å². The van der Waals surface area contributed by atoms with Gasteiger partial charge in [-0.25, -0.2) is 9.67 Å². The number of benzene rings is 2. The second-order valence-corrected chi connectivity index (χ2v) is 6.21. The van der Waals surface area contributed by atoms with Gasteiger partial charge in [-0.15, -0.1) is 24.0 Å². The van der Waals surface area contributed by atoms with E-state index in [2.05, 4.69) is 20.7 Å². The molecule has 0 saturated carbocycles. The van der Waals surface area contributed by atoms with Crippen LogP contribution >= 0.6 is 24.0 Å². The lowest BCUT2D eigenvalue weighted by atomic mass is 10.2.